The second-order valence-electron chi connectivity index (χ2n) is 5.57. The fourth-order valence-electron chi connectivity index (χ4n) is 2.74. The van der Waals surface area contributed by atoms with Crippen molar-refractivity contribution >= 4 is 11.6 Å². The average molecular weight is 270 g/mol. The van der Waals surface area contributed by atoms with Gasteiger partial charge in [-0.2, -0.15) is 0 Å². The number of amides is 1. The molecule has 2 heterocycles. The van der Waals surface area contributed by atoms with Gasteiger partial charge >= 0.3 is 0 Å². The third-order valence-electron chi connectivity index (χ3n) is 3.95. The van der Waals surface area contributed by atoms with Crippen molar-refractivity contribution in [2.24, 2.45) is 0 Å². The van der Waals surface area contributed by atoms with Crippen molar-refractivity contribution < 1.29 is 9.18 Å². The summed E-state index contributed by atoms with van der Waals surface area (Å²) in [7, 11) is 1.73. The van der Waals surface area contributed by atoms with Crippen LogP contribution in [0.2, 0.25) is 0 Å². The van der Waals surface area contributed by atoms with Crippen molar-refractivity contribution in [2.45, 2.75) is 19.3 Å². The number of benzene rings is 1. The van der Waals surface area contributed by atoms with Crippen molar-refractivity contribution in [3.8, 4) is 11.1 Å². The van der Waals surface area contributed by atoms with E-state index in [0.29, 0.717) is 5.56 Å². The Morgan fingerprint density at radius 3 is 2.50 bits per heavy atom. The van der Waals surface area contributed by atoms with E-state index in [4.69, 9.17) is 0 Å². The van der Waals surface area contributed by atoms with E-state index < -0.39 is 5.41 Å². The van der Waals surface area contributed by atoms with Crippen LogP contribution < -0.4 is 4.90 Å². The maximum Gasteiger partial charge on any atom is 0.236 e. The van der Waals surface area contributed by atoms with Gasteiger partial charge in [0.2, 0.25) is 5.91 Å². The Hall–Kier alpha value is -2.23. The zero-order chi connectivity index (χ0) is 14.5. The molecule has 102 valence electrons. The smallest absolute Gasteiger partial charge is 0.236 e. The summed E-state index contributed by atoms with van der Waals surface area (Å²) in [5, 5.41) is 0. The summed E-state index contributed by atoms with van der Waals surface area (Å²) in [4.78, 5) is 17.8. The Balaban J connectivity index is 2.23. The fraction of sp³-hybridized carbons (Fsp3) is 0.250. The maximum absolute atomic E-state index is 14.4. The lowest BCUT2D eigenvalue weighted by Crippen LogP contribution is -2.33. The average Bonchev–Trinajstić information content (AvgIpc) is 2.61. The summed E-state index contributed by atoms with van der Waals surface area (Å²) < 4.78 is 14.4. The number of carbonyl (C=O) groups excluding carboxylic acids is 1. The molecule has 0 atom stereocenters. The van der Waals surface area contributed by atoms with Crippen molar-refractivity contribution in [2.75, 3.05) is 11.9 Å². The number of halogens is 1. The van der Waals surface area contributed by atoms with E-state index in [1.54, 1.807) is 42.5 Å². The Kier molecular flexibility index (Phi) is 2.64. The molecule has 4 heteroatoms. The van der Waals surface area contributed by atoms with Crippen LogP contribution in [0.25, 0.3) is 11.1 Å². The summed E-state index contributed by atoms with van der Waals surface area (Å²) in [5.74, 6) is -0.329. The number of hydrogen-bond donors (Lipinski definition) is 0. The topological polar surface area (TPSA) is 33.2 Å². The molecule has 1 amide bonds. The molecule has 3 nitrogen and oxygen atoms in total. The van der Waals surface area contributed by atoms with E-state index in [1.165, 1.54) is 6.07 Å². The van der Waals surface area contributed by atoms with Crippen LogP contribution in [0, 0.1) is 5.82 Å². The van der Waals surface area contributed by atoms with Crippen molar-refractivity contribution in [3.63, 3.8) is 0 Å². The van der Waals surface area contributed by atoms with Crippen LogP contribution in [0.3, 0.4) is 0 Å². The van der Waals surface area contributed by atoms with Crippen molar-refractivity contribution in [1.29, 1.82) is 0 Å². The minimum atomic E-state index is -0.679. The first kappa shape index (κ1) is 12.8. The summed E-state index contributed by atoms with van der Waals surface area (Å²) in [6, 6.07) is 6.73. The maximum atomic E-state index is 14.4. The quantitative estimate of drug-likeness (QED) is 0.797. The molecule has 1 aliphatic heterocycles. The van der Waals surface area contributed by atoms with Gasteiger partial charge in [0.15, 0.2) is 0 Å². The summed E-state index contributed by atoms with van der Waals surface area (Å²) in [6.45, 7) is 3.65. The van der Waals surface area contributed by atoms with Gasteiger partial charge in [0, 0.05) is 30.7 Å². The predicted octanol–water partition coefficient (Wildman–Crippen LogP) is 3.14. The lowest BCUT2D eigenvalue weighted by Gasteiger charge is -2.16. The minimum Gasteiger partial charge on any atom is -0.314 e. The molecule has 20 heavy (non-hydrogen) atoms. The van der Waals surface area contributed by atoms with Crippen molar-refractivity contribution in [3.05, 3.63) is 48.0 Å². The number of pyridine rings is 1. The molecule has 0 saturated carbocycles. The Morgan fingerprint density at radius 1 is 1.20 bits per heavy atom. The monoisotopic (exact) mass is 270 g/mol. The standard InChI is InChI=1S/C16H15FN2O/c1-16(2)12-9-13(17)11(10-4-6-18-7-5-10)8-14(12)19(3)15(16)20/h4-9H,1-3H3. The number of rotatable bonds is 1. The number of aromatic nitrogens is 1. The van der Waals surface area contributed by atoms with E-state index >= 15 is 0 Å². The molecule has 0 unspecified atom stereocenters. The third kappa shape index (κ3) is 1.64. The summed E-state index contributed by atoms with van der Waals surface area (Å²) in [5.41, 5.74) is 2.07. The summed E-state index contributed by atoms with van der Waals surface area (Å²) in [6.07, 6.45) is 3.25. The number of carbonyl (C=O) groups is 1. The van der Waals surface area contributed by atoms with Gasteiger partial charge < -0.3 is 4.90 Å². The van der Waals surface area contributed by atoms with Crippen LogP contribution >= 0.6 is 0 Å². The zero-order valence-electron chi connectivity index (χ0n) is 11.6. The minimum absolute atomic E-state index is 0.0150. The molecule has 3 rings (SSSR count). The van der Waals surface area contributed by atoms with Gasteiger partial charge in [-0.05, 0) is 49.2 Å². The lowest BCUT2D eigenvalue weighted by atomic mass is 9.85. The van der Waals surface area contributed by atoms with E-state index in [0.717, 1.165) is 16.8 Å². The lowest BCUT2D eigenvalue weighted by molar-refractivity contribution is -0.121. The van der Waals surface area contributed by atoms with Gasteiger partial charge in [-0.25, -0.2) is 4.39 Å². The summed E-state index contributed by atoms with van der Waals surface area (Å²) >= 11 is 0. The molecular weight excluding hydrogens is 255 g/mol. The van der Waals surface area contributed by atoms with Gasteiger partial charge in [0.25, 0.3) is 0 Å². The first-order chi connectivity index (χ1) is 9.43. The second-order valence-corrected chi connectivity index (χ2v) is 5.57. The zero-order valence-corrected chi connectivity index (χ0v) is 11.6. The molecule has 0 spiro atoms. The number of nitrogens with zero attached hydrogens (tertiary/aromatic N) is 2. The van der Waals surface area contributed by atoms with Crippen molar-refractivity contribution in [1.82, 2.24) is 4.98 Å². The molecule has 0 N–H and O–H groups in total. The van der Waals surface area contributed by atoms with Crippen LogP contribution in [0.15, 0.2) is 36.7 Å². The molecule has 1 aliphatic rings. The Bertz CT molecular complexity index is 695. The van der Waals surface area contributed by atoms with Gasteiger partial charge in [0.05, 0.1) is 5.41 Å². The van der Waals surface area contributed by atoms with E-state index in [2.05, 4.69) is 4.98 Å². The SMILES string of the molecule is CN1C(=O)C(C)(C)c2cc(F)c(-c3ccncc3)cc21. The molecule has 1 aromatic carbocycles. The molecule has 0 aliphatic carbocycles. The van der Waals surface area contributed by atoms with E-state index in [-0.39, 0.29) is 11.7 Å². The number of fused-ring (bicyclic) bond motifs is 1. The number of hydrogen-bond acceptors (Lipinski definition) is 2. The first-order valence-corrected chi connectivity index (χ1v) is 6.45. The molecular formula is C16H15FN2O. The normalized spacial score (nSPS) is 16.4. The highest BCUT2D eigenvalue weighted by atomic mass is 19.1. The molecule has 0 bridgehead atoms. The van der Waals surface area contributed by atoms with Gasteiger partial charge in [-0.1, -0.05) is 0 Å². The molecule has 0 fully saturated rings. The predicted molar refractivity (Wildman–Crippen MR) is 76.1 cm³/mol. The van der Waals surface area contributed by atoms with E-state index in [9.17, 15) is 9.18 Å². The number of likely N-dealkylation sites (N-methyl/N-ethyl adjacent to an activating group) is 1. The molecule has 0 saturated heterocycles. The fourth-order valence-corrected chi connectivity index (χ4v) is 2.74. The van der Waals surface area contributed by atoms with Gasteiger partial charge in [-0.3, -0.25) is 9.78 Å². The number of anilines is 1. The van der Waals surface area contributed by atoms with Gasteiger partial charge in [0.1, 0.15) is 5.82 Å². The highest BCUT2D eigenvalue weighted by Gasteiger charge is 2.42. The van der Waals surface area contributed by atoms with Crippen LogP contribution in [0.1, 0.15) is 19.4 Å². The van der Waals surface area contributed by atoms with Crippen LogP contribution in [0.5, 0.6) is 0 Å². The highest BCUT2D eigenvalue weighted by molar-refractivity contribution is 6.07. The van der Waals surface area contributed by atoms with Crippen LogP contribution in [0.4, 0.5) is 10.1 Å². The molecule has 2 aromatic rings. The largest absolute Gasteiger partial charge is 0.314 e. The Labute approximate surface area is 117 Å². The van der Waals surface area contributed by atoms with Crippen LogP contribution in [-0.4, -0.2) is 17.9 Å². The van der Waals surface area contributed by atoms with Crippen LogP contribution in [-0.2, 0) is 10.2 Å². The van der Waals surface area contributed by atoms with Gasteiger partial charge in [-0.15, -0.1) is 0 Å². The highest BCUT2D eigenvalue weighted by Crippen LogP contribution is 2.43. The second kappa shape index (κ2) is 4.13. The Morgan fingerprint density at radius 2 is 1.85 bits per heavy atom. The molecule has 1 aromatic heterocycles. The van der Waals surface area contributed by atoms with E-state index in [1.807, 2.05) is 13.8 Å². The molecule has 0 radical (unpaired) electrons. The third-order valence-corrected chi connectivity index (χ3v) is 3.95. The first-order valence-electron chi connectivity index (χ1n) is 6.45.